The number of hydrogen-bond acceptors (Lipinski definition) is 2. The van der Waals surface area contributed by atoms with Crippen molar-refractivity contribution in [2.24, 2.45) is 0 Å². The van der Waals surface area contributed by atoms with Crippen LogP contribution in [-0.4, -0.2) is 34.7 Å². The maximum atomic E-state index is 10.5. The van der Waals surface area contributed by atoms with Crippen LogP contribution < -0.4 is 0 Å². The second kappa shape index (κ2) is 7.03. The van der Waals surface area contributed by atoms with Gasteiger partial charge in [0.25, 0.3) is 0 Å². The summed E-state index contributed by atoms with van der Waals surface area (Å²) in [5.41, 5.74) is 0.0398. The molecule has 0 bridgehead atoms. The highest BCUT2D eigenvalue weighted by Crippen LogP contribution is 2.39. The molecule has 0 amide bonds. The number of rotatable bonds is 7. The minimum Gasteiger partial charge on any atom is -0.391 e. The Morgan fingerprint density at radius 1 is 1.29 bits per heavy atom. The smallest absolute Gasteiger partial charge is 0.0724 e. The van der Waals surface area contributed by atoms with Gasteiger partial charge in [0.15, 0.2) is 0 Å². The zero-order chi connectivity index (χ0) is 12.7. The van der Waals surface area contributed by atoms with E-state index >= 15 is 0 Å². The lowest BCUT2D eigenvalue weighted by atomic mass is 9.85. The fraction of sp³-hybridized carbons (Fsp3) is 0.867. The van der Waals surface area contributed by atoms with Crippen molar-refractivity contribution in [2.45, 2.75) is 70.4 Å². The van der Waals surface area contributed by atoms with Gasteiger partial charge in [-0.3, -0.25) is 4.90 Å². The van der Waals surface area contributed by atoms with Crippen LogP contribution in [-0.2, 0) is 0 Å². The van der Waals surface area contributed by atoms with E-state index in [1.165, 1.54) is 12.8 Å². The van der Waals surface area contributed by atoms with Crippen LogP contribution in [0.5, 0.6) is 0 Å². The largest absolute Gasteiger partial charge is 0.391 e. The summed E-state index contributed by atoms with van der Waals surface area (Å²) in [6.45, 7) is 6.45. The molecule has 1 fully saturated rings. The molecule has 0 heterocycles. The van der Waals surface area contributed by atoms with E-state index in [-0.39, 0.29) is 11.6 Å². The average Bonchev–Trinajstić information content (AvgIpc) is 2.81. The number of unbranched alkanes of at least 4 members (excludes halogenated alkanes) is 1. The van der Waals surface area contributed by atoms with Crippen LogP contribution in [0.4, 0.5) is 0 Å². The fourth-order valence-corrected chi connectivity index (χ4v) is 3.37. The molecule has 1 atom stereocenters. The van der Waals surface area contributed by atoms with E-state index in [0.29, 0.717) is 0 Å². The van der Waals surface area contributed by atoms with Crippen LogP contribution in [0.2, 0.25) is 0 Å². The molecule has 1 N–H and O–H groups in total. The van der Waals surface area contributed by atoms with Gasteiger partial charge in [0.05, 0.1) is 6.10 Å². The second-order valence-corrected chi connectivity index (χ2v) is 5.10. The van der Waals surface area contributed by atoms with Crippen LogP contribution >= 0.6 is 0 Å². The van der Waals surface area contributed by atoms with Crippen LogP contribution in [0.25, 0.3) is 0 Å². The molecule has 0 aliphatic heterocycles. The SMILES string of the molecule is C#CCCCC(O)C1(N(CC)CC)CCCC1. The predicted octanol–water partition coefficient (Wildman–Crippen LogP) is 2.81. The Hall–Kier alpha value is -0.520. The van der Waals surface area contributed by atoms with Crippen molar-refractivity contribution >= 4 is 0 Å². The molecule has 2 nitrogen and oxygen atoms in total. The number of aliphatic hydroxyl groups is 1. The molecule has 1 aliphatic carbocycles. The number of terminal acetylenes is 1. The molecule has 1 rings (SSSR count). The third-order valence-electron chi connectivity index (χ3n) is 4.28. The van der Waals surface area contributed by atoms with Gasteiger partial charge < -0.3 is 5.11 Å². The maximum absolute atomic E-state index is 10.5. The van der Waals surface area contributed by atoms with Gasteiger partial charge in [0.1, 0.15) is 0 Å². The van der Waals surface area contributed by atoms with Crippen LogP contribution in [0.3, 0.4) is 0 Å². The summed E-state index contributed by atoms with van der Waals surface area (Å²) in [6, 6.07) is 0. The summed E-state index contributed by atoms with van der Waals surface area (Å²) in [5, 5.41) is 10.5. The lowest BCUT2D eigenvalue weighted by molar-refractivity contribution is -0.0296. The molecule has 0 aromatic rings. The first-order valence-electron chi connectivity index (χ1n) is 7.07. The normalized spacial score (nSPS) is 20.4. The van der Waals surface area contributed by atoms with E-state index in [4.69, 9.17) is 6.42 Å². The molecule has 0 saturated heterocycles. The van der Waals surface area contributed by atoms with Gasteiger partial charge in [0, 0.05) is 12.0 Å². The van der Waals surface area contributed by atoms with E-state index in [1.807, 2.05) is 0 Å². The quantitative estimate of drug-likeness (QED) is 0.543. The fourth-order valence-electron chi connectivity index (χ4n) is 3.37. The number of nitrogens with zero attached hydrogens (tertiary/aromatic N) is 1. The average molecular weight is 237 g/mol. The Morgan fingerprint density at radius 3 is 2.35 bits per heavy atom. The number of likely N-dealkylation sites (N-methyl/N-ethyl adjacent to an activating group) is 1. The zero-order valence-electron chi connectivity index (χ0n) is 11.4. The first-order chi connectivity index (χ1) is 8.21. The predicted molar refractivity (Wildman–Crippen MR) is 72.8 cm³/mol. The molecule has 1 saturated carbocycles. The van der Waals surface area contributed by atoms with Gasteiger partial charge in [-0.05, 0) is 38.8 Å². The summed E-state index contributed by atoms with van der Waals surface area (Å²) in [7, 11) is 0. The molecule has 1 unspecified atom stereocenters. The monoisotopic (exact) mass is 237 g/mol. The highest BCUT2D eigenvalue weighted by atomic mass is 16.3. The summed E-state index contributed by atoms with van der Waals surface area (Å²) in [6.07, 6.45) is 12.4. The molecule has 0 aromatic heterocycles. The van der Waals surface area contributed by atoms with Crippen LogP contribution in [0.1, 0.15) is 58.8 Å². The summed E-state index contributed by atoms with van der Waals surface area (Å²) >= 11 is 0. The van der Waals surface area contributed by atoms with Crippen LogP contribution in [0, 0.1) is 12.3 Å². The maximum Gasteiger partial charge on any atom is 0.0724 e. The van der Waals surface area contributed by atoms with Gasteiger partial charge in [-0.2, -0.15) is 0 Å². The summed E-state index contributed by atoms with van der Waals surface area (Å²) in [4.78, 5) is 2.46. The number of hydrogen-bond donors (Lipinski definition) is 1. The third-order valence-corrected chi connectivity index (χ3v) is 4.28. The second-order valence-electron chi connectivity index (χ2n) is 5.10. The molecule has 98 valence electrons. The van der Waals surface area contributed by atoms with Gasteiger partial charge in [-0.15, -0.1) is 12.3 Å². The third kappa shape index (κ3) is 3.24. The molecule has 0 radical (unpaired) electrons. The van der Waals surface area contributed by atoms with Gasteiger partial charge >= 0.3 is 0 Å². The lowest BCUT2D eigenvalue weighted by Crippen LogP contribution is -2.54. The van der Waals surface area contributed by atoms with Crippen molar-refractivity contribution in [1.29, 1.82) is 0 Å². The van der Waals surface area contributed by atoms with E-state index in [0.717, 1.165) is 45.2 Å². The molecule has 1 aliphatic rings. The van der Waals surface area contributed by atoms with Gasteiger partial charge in [0.2, 0.25) is 0 Å². The summed E-state index contributed by atoms with van der Waals surface area (Å²) in [5.74, 6) is 2.66. The van der Waals surface area contributed by atoms with E-state index < -0.39 is 0 Å². The molecule has 0 spiro atoms. The highest BCUT2D eigenvalue weighted by molar-refractivity contribution is 5.00. The highest BCUT2D eigenvalue weighted by Gasteiger charge is 2.43. The van der Waals surface area contributed by atoms with Crippen LogP contribution in [0.15, 0.2) is 0 Å². The Kier molecular flexibility index (Phi) is 6.02. The van der Waals surface area contributed by atoms with Gasteiger partial charge in [-0.1, -0.05) is 26.7 Å². The van der Waals surface area contributed by atoms with Crippen molar-refractivity contribution in [3.05, 3.63) is 0 Å². The minimum atomic E-state index is -0.210. The van der Waals surface area contributed by atoms with E-state index in [1.54, 1.807) is 0 Å². The molecule has 0 aromatic carbocycles. The molecular formula is C15H27NO. The number of aliphatic hydroxyl groups excluding tert-OH is 1. The Labute approximate surface area is 106 Å². The topological polar surface area (TPSA) is 23.5 Å². The zero-order valence-corrected chi connectivity index (χ0v) is 11.4. The summed E-state index contributed by atoms with van der Waals surface area (Å²) < 4.78 is 0. The molecule has 17 heavy (non-hydrogen) atoms. The standard InChI is InChI=1S/C15H27NO/c1-4-7-8-11-14(17)15(12-9-10-13-15)16(5-2)6-3/h1,14,17H,5-13H2,2-3H3. The van der Waals surface area contributed by atoms with E-state index in [9.17, 15) is 5.11 Å². The Morgan fingerprint density at radius 2 is 1.88 bits per heavy atom. The minimum absolute atomic E-state index is 0.0398. The van der Waals surface area contributed by atoms with Crippen molar-refractivity contribution in [3.63, 3.8) is 0 Å². The lowest BCUT2D eigenvalue weighted by Gasteiger charge is -2.44. The van der Waals surface area contributed by atoms with Crippen molar-refractivity contribution in [2.75, 3.05) is 13.1 Å². The van der Waals surface area contributed by atoms with Crippen molar-refractivity contribution in [3.8, 4) is 12.3 Å². The van der Waals surface area contributed by atoms with Crippen molar-refractivity contribution in [1.82, 2.24) is 4.90 Å². The molecular weight excluding hydrogens is 210 g/mol. The first kappa shape index (κ1) is 14.5. The van der Waals surface area contributed by atoms with E-state index in [2.05, 4.69) is 24.7 Å². The first-order valence-corrected chi connectivity index (χ1v) is 7.07. The Bertz CT molecular complexity index is 246. The molecule has 2 heteroatoms. The Balaban J connectivity index is 2.66. The van der Waals surface area contributed by atoms with Gasteiger partial charge in [-0.25, -0.2) is 0 Å². The van der Waals surface area contributed by atoms with Crippen molar-refractivity contribution < 1.29 is 5.11 Å².